The van der Waals surface area contributed by atoms with Gasteiger partial charge in [-0.15, -0.1) is 11.3 Å². The highest BCUT2D eigenvalue weighted by molar-refractivity contribution is 7.17. The van der Waals surface area contributed by atoms with Gasteiger partial charge in [0.25, 0.3) is 0 Å². The van der Waals surface area contributed by atoms with Crippen LogP contribution >= 0.6 is 11.3 Å². The average Bonchev–Trinajstić information content (AvgIpc) is 2.75. The number of rotatable bonds is 4. The second-order valence-corrected chi connectivity index (χ2v) is 5.36. The lowest BCUT2D eigenvalue weighted by atomic mass is 9.82. The molecule has 2 aromatic heterocycles. The van der Waals surface area contributed by atoms with Gasteiger partial charge in [0, 0.05) is 0 Å². The fourth-order valence-corrected chi connectivity index (χ4v) is 3.01. The third-order valence-corrected chi connectivity index (χ3v) is 4.07. The van der Waals surface area contributed by atoms with Gasteiger partial charge in [0.1, 0.15) is 17.1 Å². The highest BCUT2D eigenvalue weighted by Gasteiger charge is 2.30. The van der Waals surface area contributed by atoms with E-state index in [2.05, 4.69) is 15.3 Å². The Morgan fingerprint density at radius 3 is 3.18 bits per heavy atom. The van der Waals surface area contributed by atoms with Gasteiger partial charge < -0.3 is 10.1 Å². The Bertz CT molecular complexity index is 507. The molecule has 0 aromatic carbocycles. The van der Waals surface area contributed by atoms with Crippen molar-refractivity contribution >= 4 is 21.6 Å². The largest absolute Gasteiger partial charge is 0.473 e. The van der Waals surface area contributed by atoms with Crippen molar-refractivity contribution in [3.8, 4) is 5.88 Å². The molecule has 5 heteroatoms. The van der Waals surface area contributed by atoms with Crippen molar-refractivity contribution in [1.82, 2.24) is 15.3 Å². The molecule has 17 heavy (non-hydrogen) atoms. The van der Waals surface area contributed by atoms with E-state index in [4.69, 9.17) is 4.74 Å². The molecule has 4 nitrogen and oxygen atoms in total. The quantitative estimate of drug-likeness (QED) is 0.901. The third kappa shape index (κ3) is 2.12. The van der Waals surface area contributed by atoms with Crippen molar-refractivity contribution in [2.24, 2.45) is 5.92 Å². The molecule has 1 aliphatic rings. The minimum absolute atomic E-state index is 0.327. The monoisotopic (exact) mass is 249 g/mol. The van der Waals surface area contributed by atoms with E-state index in [0.29, 0.717) is 6.10 Å². The number of hydrogen-bond donors (Lipinski definition) is 1. The standard InChI is InChI=1S/C12H15N3OS/c1-13-6-8-4-9(5-8)16-12-11-10(2-3-17-11)14-7-15-12/h2-3,7-9,13H,4-6H2,1H3. The lowest BCUT2D eigenvalue weighted by molar-refractivity contribution is 0.0632. The van der Waals surface area contributed by atoms with Crippen LogP contribution in [0.5, 0.6) is 5.88 Å². The lowest BCUT2D eigenvalue weighted by Gasteiger charge is -2.34. The molecule has 1 fully saturated rings. The summed E-state index contributed by atoms with van der Waals surface area (Å²) in [5, 5.41) is 5.23. The molecule has 2 heterocycles. The zero-order valence-corrected chi connectivity index (χ0v) is 10.5. The zero-order chi connectivity index (χ0) is 11.7. The summed E-state index contributed by atoms with van der Waals surface area (Å²) in [6.45, 7) is 1.08. The SMILES string of the molecule is CNCC1CC(Oc2ncnc3ccsc23)C1. The van der Waals surface area contributed by atoms with Crippen LogP contribution in [0.1, 0.15) is 12.8 Å². The summed E-state index contributed by atoms with van der Waals surface area (Å²) in [5.41, 5.74) is 0.978. The van der Waals surface area contributed by atoms with Gasteiger partial charge in [-0.25, -0.2) is 9.97 Å². The van der Waals surface area contributed by atoms with Crippen LogP contribution < -0.4 is 10.1 Å². The van der Waals surface area contributed by atoms with Gasteiger partial charge in [-0.05, 0) is 43.8 Å². The predicted octanol–water partition coefficient (Wildman–Crippen LogP) is 2.07. The molecule has 1 N–H and O–H groups in total. The normalized spacial score (nSPS) is 23.6. The Morgan fingerprint density at radius 1 is 1.47 bits per heavy atom. The minimum atomic E-state index is 0.327. The maximum Gasteiger partial charge on any atom is 0.235 e. The maximum absolute atomic E-state index is 5.93. The summed E-state index contributed by atoms with van der Waals surface area (Å²) >= 11 is 1.64. The average molecular weight is 249 g/mol. The fourth-order valence-electron chi connectivity index (χ4n) is 2.23. The van der Waals surface area contributed by atoms with Crippen LogP contribution in [0.2, 0.25) is 0 Å². The van der Waals surface area contributed by atoms with Crippen molar-refractivity contribution in [2.75, 3.05) is 13.6 Å². The van der Waals surface area contributed by atoms with Gasteiger partial charge in [-0.2, -0.15) is 0 Å². The summed E-state index contributed by atoms with van der Waals surface area (Å²) in [4.78, 5) is 8.44. The first kappa shape index (κ1) is 10.9. The van der Waals surface area contributed by atoms with Crippen molar-refractivity contribution in [2.45, 2.75) is 18.9 Å². The van der Waals surface area contributed by atoms with Crippen LogP contribution in [0.25, 0.3) is 10.2 Å². The molecule has 0 atom stereocenters. The molecule has 0 spiro atoms. The second kappa shape index (κ2) is 4.58. The van der Waals surface area contributed by atoms with Crippen LogP contribution in [0.15, 0.2) is 17.8 Å². The molecular formula is C12H15N3OS. The molecule has 0 unspecified atom stereocenters. The van der Waals surface area contributed by atoms with E-state index in [0.717, 1.165) is 41.4 Å². The number of aromatic nitrogens is 2. The van der Waals surface area contributed by atoms with Gasteiger partial charge in [0.2, 0.25) is 5.88 Å². The van der Waals surface area contributed by atoms with Gasteiger partial charge >= 0.3 is 0 Å². The smallest absolute Gasteiger partial charge is 0.235 e. The fraction of sp³-hybridized carbons (Fsp3) is 0.500. The first-order chi connectivity index (χ1) is 8.36. The predicted molar refractivity (Wildman–Crippen MR) is 68.5 cm³/mol. The number of thiophene rings is 1. The van der Waals surface area contributed by atoms with E-state index >= 15 is 0 Å². The lowest BCUT2D eigenvalue weighted by Crippen LogP contribution is -2.38. The summed E-state index contributed by atoms with van der Waals surface area (Å²) in [5.74, 6) is 1.50. The van der Waals surface area contributed by atoms with Crippen LogP contribution in [0.3, 0.4) is 0 Å². The van der Waals surface area contributed by atoms with Crippen LogP contribution in [0.4, 0.5) is 0 Å². The molecule has 0 amide bonds. The van der Waals surface area contributed by atoms with E-state index < -0.39 is 0 Å². The van der Waals surface area contributed by atoms with Crippen LogP contribution in [-0.4, -0.2) is 29.7 Å². The Morgan fingerprint density at radius 2 is 2.35 bits per heavy atom. The molecule has 3 rings (SSSR count). The number of fused-ring (bicyclic) bond motifs is 1. The van der Waals surface area contributed by atoms with Crippen molar-refractivity contribution in [3.05, 3.63) is 17.8 Å². The Hall–Kier alpha value is -1.20. The molecule has 90 valence electrons. The maximum atomic E-state index is 5.93. The van der Waals surface area contributed by atoms with E-state index in [-0.39, 0.29) is 0 Å². The highest BCUT2D eigenvalue weighted by Crippen LogP contribution is 2.33. The van der Waals surface area contributed by atoms with Crippen LogP contribution in [0, 0.1) is 5.92 Å². The number of hydrogen-bond acceptors (Lipinski definition) is 5. The number of nitrogens with zero attached hydrogens (tertiary/aromatic N) is 2. The molecular weight excluding hydrogens is 234 g/mol. The van der Waals surface area contributed by atoms with Gasteiger partial charge in [-0.3, -0.25) is 0 Å². The van der Waals surface area contributed by atoms with Crippen molar-refractivity contribution in [1.29, 1.82) is 0 Å². The highest BCUT2D eigenvalue weighted by atomic mass is 32.1. The summed E-state index contributed by atoms with van der Waals surface area (Å²) in [7, 11) is 1.99. The van der Waals surface area contributed by atoms with Gasteiger partial charge in [-0.1, -0.05) is 0 Å². The minimum Gasteiger partial charge on any atom is -0.473 e. The first-order valence-electron chi connectivity index (χ1n) is 5.86. The molecule has 0 saturated heterocycles. The Labute approximate surface area is 104 Å². The summed E-state index contributed by atoms with van der Waals surface area (Å²) < 4.78 is 6.99. The summed E-state index contributed by atoms with van der Waals surface area (Å²) in [6.07, 6.45) is 4.15. The van der Waals surface area contributed by atoms with E-state index in [1.54, 1.807) is 17.7 Å². The van der Waals surface area contributed by atoms with Gasteiger partial charge in [0.15, 0.2) is 0 Å². The molecule has 1 saturated carbocycles. The molecule has 0 bridgehead atoms. The first-order valence-corrected chi connectivity index (χ1v) is 6.74. The molecule has 0 aliphatic heterocycles. The zero-order valence-electron chi connectivity index (χ0n) is 9.72. The van der Waals surface area contributed by atoms with Gasteiger partial charge in [0.05, 0.1) is 5.52 Å². The topological polar surface area (TPSA) is 47.0 Å². The van der Waals surface area contributed by atoms with E-state index in [1.165, 1.54) is 0 Å². The van der Waals surface area contributed by atoms with Crippen LogP contribution in [-0.2, 0) is 0 Å². The molecule has 1 aliphatic carbocycles. The Balaban J connectivity index is 1.68. The van der Waals surface area contributed by atoms with E-state index in [9.17, 15) is 0 Å². The Kier molecular flexibility index (Phi) is 2.94. The third-order valence-electron chi connectivity index (χ3n) is 3.17. The van der Waals surface area contributed by atoms with Crippen molar-refractivity contribution < 1.29 is 4.74 Å². The number of nitrogens with one attached hydrogen (secondary N) is 1. The second-order valence-electron chi connectivity index (χ2n) is 4.45. The number of ether oxygens (including phenoxy) is 1. The molecule has 2 aromatic rings. The van der Waals surface area contributed by atoms with Crippen molar-refractivity contribution in [3.63, 3.8) is 0 Å². The summed E-state index contributed by atoms with van der Waals surface area (Å²) in [6, 6.07) is 2.00. The van der Waals surface area contributed by atoms with E-state index in [1.807, 2.05) is 18.5 Å². The molecule has 0 radical (unpaired) electrons.